The lowest BCUT2D eigenvalue weighted by Crippen LogP contribution is -2.23. The molecule has 1 aromatic carbocycles. The number of nitrogens with one attached hydrogen (secondary N) is 2. The van der Waals surface area contributed by atoms with Gasteiger partial charge in [0, 0.05) is 24.1 Å². The maximum Gasteiger partial charge on any atom is 0.245 e. The van der Waals surface area contributed by atoms with Gasteiger partial charge in [-0.25, -0.2) is 0 Å². The van der Waals surface area contributed by atoms with Crippen LogP contribution in [0.1, 0.15) is 44.1 Å². The molecule has 0 aliphatic rings. The summed E-state index contributed by atoms with van der Waals surface area (Å²) in [5.74, 6) is 0.540. The molecular formula is C20H26N4O3S. The topological polar surface area (TPSA) is 97.1 Å². The molecule has 0 saturated heterocycles. The standard InChI is InChI=1S/C20H26N4O3S/c1-5-18(21)28-9-8-22-19(26)12-24-16-11-14(27-4)6-7-15(16)20(23-24)17(25)10-13(2)3/h6-9,11,13,21H,5,10,12H2,1-4H3,(H,22,26)/b9-8+,21-18?. The van der Waals surface area contributed by atoms with Crippen LogP contribution in [0.15, 0.2) is 29.8 Å². The van der Waals surface area contributed by atoms with Gasteiger partial charge in [-0.2, -0.15) is 5.10 Å². The van der Waals surface area contributed by atoms with Gasteiger partial charge in [-0.15, -0.1) is 0 Å². The van der Waals surface area contributed by atoms with E-state index < -0.39 is 0 Å². The van der Waals surface area contributed by atoms with Gasteiger partial charge in [0.05, 0.1) is 17.7 Å². The summed E-state index contributed by atoms with van der Waals surface area (Å²) < 4.78 is 6.79. The van der Waals surface area contributed by atoms with Gasteiger partial charge in [0.15, 0.2) is 5.78 Å². The fourth-order valence-electron chi connectivity index (χ4n) is 2.58. The lowest BCUT2D eigenvalue weighted by atomic mass is 10.0. The van der Waals surface area contributed by atoms with Gasteiger partial charge in [-0.1, -0.05) is 32.5 Å². The van der Waals surface area contributed by atoms with Crippen LogP contribution < -0.4 is 10.1 Å². The molecule has 0 bridgehead atoms. The van der Waals surface area contributed by atoms with Crippen molar-refractivity contribution in [2.75, 3.05) is 7.11 Å². The number of carbonyl (C=O) groups excluding carboxylic acids is 2. The van der Waals surface area contributed by atoms with E-state index in [2.05, 4.69) is 10.4 Å². The Balaban J connectivity index is 2.23. The highest BCUT2D eigenvalue weighted by atomic mass is 32.2. The zero-order valence-electron chi connectivity index (χ0n) is 16.6. The summed E-state index contributed by atoms with van der Waals surface area (Å²) in [4.78, 5) is 24.9. The minimum absolute atomic E-state index is 0.0289. The Bertz CT molecular complexity index is 902. The first-order valence-corrected chi connectivity index (χ1v) is 9.99. The molecule has 7 nitrogen and oxygen atoms in total. The van der Waals surface area contributed by atoms with Gasteiger partial charge >= 0.3 is 0 Å². The van der Waals surface area contributed by atoms with Crippen LogP contribution in [0, 0.1) is 11.3 Å². The minimum atomic E-state index is -0.269. The predicted molar refractivity (Wildman–Crippen MR) is 113 cm³/mol. The first-order chi connectivity index (χ1) is 13.3. The fourth-order valence-corrected chi connectivity index (χ4v) is 3.05. The smallest absolute Gasteiger partial charge is 0.245 e. The maximum atomic E-state index is 12.6. The first-order valence-electron chi connectivity index (χ1n) is 9.11. The van der Waals surface area contributed by atoms with Crippen LogP contribution in [-0.2, 0) is 11.3 Å². The van der Waals surface area contributed by atoms with Gasteiger partial charge in [0.1, 0.15) is 18.0 Å². The van der Waals surface area contributed by atoms with Crippen molar-refractivity contribution in [3.05, 3.63) is 35.5 Å². The third-order valence-corrected chi connectivity index (χ3v) is 4.80. The number of ether oxygens (including phenoxy) is 1. The molecule has 0 fully saturated rings. The highest BCUT2D eigenvalue weighted by Crippen LogP contribution is 2.25. The minimum Gasteiger partial charge on any atom is -0.497 e. The van der Waals surface area contributed by atoms with E-state index in [0.717, 1.165) is 0 Å². The molecule has 8 heteroatoms. The molecule has 2 N–H and O–H groups in total. The van der Waals surface area contributed by atoms with Crippen LogP contribution >= 0.6 is 11.8 Å². The highest BCUT2D eigenvalue weighted by molar-refractivity contribution is 8.16. The van der Waals surface area contributed by atoms with Crippen LogP contribution in [0.5, 0.6) is 5.75 Å². The van der Waals surface area contributed by atoms with Crippen molar-refractivity contribution in [2.24, 2.45) is 5.92 Å². The highest BCUT2D eigenvalue weighted by Gasteiger charge is 2.19. The molecule has 1 heterocycles. The fraction of sp³-hybridized carbons (Fsp3) is 0.400. The quantitative estimate of drug-likeness (QED) is 0.376. The third-order valence-electron chi connectivity index (χ3n) is 3.95. The Kier molecular flexibility index (Phi) is 7.80. The largest absolute Gasteiger partial charge is 0.497 e. The van der Waals surface area contributed by atoms with Crippen LogP contribution in [0.4, 0.5) is 0 Å². The molecule has 2 aromatic rings. The van der Waals surface area contributed by atoms with Gasteiger partial charge in [0.25, 0.3) is 0 Å². The number of thioether (sulfide) groups is 1. The Hall–Kier alpha value is -2.61. The van der Waals surface area contributed by atoms with Crippen molar-refractivity contribution in [2.45, 2.75) is 40.2 Å². The van der Waals surface area contributed by atoms with E-state index in [1.54, 1.807) is 30.7 Å². The van der Waals surface area contributed by atoms with Crippen LogP contribution in [0.25, 0.3) is 10.9 Å². The molecule has 2 rings (SSSR count). The summed E-state index contributed by atoms with van der Waals surface area (Å²) in [5, 5.41) is 17.5. The molecule has 0 atom stereocenters. The van der Waals surface area contributed by atoms with Crippen molar-refractivity contribution >= 4 is 39.4 Å². The second-order valence-corrected chi connectivity index (χ2v) is 7.68. The van der Waals surface area contributed by atoms with Gasteiger partial charge in [-0.3, -0.25) is 19.7 Å². The molecule has 150 valence electrons. The zero-order valence-corrected chi connectivity index (χ0v) is 17.4. The number of hydrogen-bond donors (Lipinski definition) is 2. The van der Waals surface area contributed by atoms with Crippen molar-refractivity contribution < 1.29 is 14.3 Å². The Morgan fingerprint density at radius 1 is 1.39 bits per heavy atom. The molecule has 0 aliphatic heterocycles. The molecule has 1 aromatic heterocycles. The van der Waals surface area contributed by atoms with E-state index in [1.165, 1.54) is 22.6 Å². The molecule has 28 heavy (non-hydrogen) atoms. The Morgan fingerprint density at radius 2 is 2.14 bits per heavy atom. The van der Waals surface area contributed by atoms with E-state index >= 15 is 0 Å². The number of benzene rings is 1. The lowest BCUT2D eigenvalue weighted by Gasteiger charge is -2.04. The number of hydrogen-bond acceptors (Lipinski definition) is 6. The third kappa shape index (κ3) is 5.69. The van der Waals surface area contributed by atoms with Crippen molar-refractivity contribution in [3.63, 3.8) is 0 Å². The number of carbonyl (C=O) groups is 2. The summed E-state index contributed by atoms with van der Waals surface area (Å²) in [6.07, 6.45) is 2.55. The summed E-state index contributed by atoms with van der Waals surface area (Å²) in [6.45, 7) is 5.84. The maximum absolute atomic E-state index is 12.6. The zero-order chi connectivity index (χ0) is 20.7. The summed E-state index contributed by atoms with van der Waals surface area (Å²) in [5.41, 5.74) is 1.05. The average molecular weight is 403 g/mol. The molecule has 0 unspecified atom stereocenters. The number of nitrogens with zero attached hydrogens (tertiary/aromatic N) is 2. The average Bonchev–Trinajstić information content (AvgIpc) is 3.02. The number of fused-ring (bicyclic) bond motifs is 1. The summed E-state index contributed by atoms with van der Waals surface area (Å²) in [6, 6.07) is 5.36. The number of ketones is 1. The van der Waals surface area contributed by atoms with Crippen LogP contribution in [0.2, 0.25) is 0 Å². The van der Waals surface area contributed by atoms with E-state index in [9.17, 15) is 9.59 Å². The summed E-state index contributed by atoms with van der Waals surface area (Å²) >= 11 is 1.25. The van der Waals surface area contributed by atoms with Crippen LogP contribution in [-0.4, -0.2) is 33.6 Å². The predicted octanol–water partition coefficient (Wildman–Crippen LogP) is 3.98. The van der Waals surface area contributed by atoms with E-state index in [1.807, 2.05) is 20.8 Å². The SMILES string of the molecule is CCC(=N)S/C=C/NC(=O)Cn1nc(C(=O)CC(C)C)c2ccc(OC)cc21. The number of amides is 1. The number of rotatable bonds is 9. The molecule has 1 amide bonds. The molecule has 0 saturated carbocycles. The normalized spacial score (nSPS) is 11.3. The molecule has 0 aliphatic carbocycles. The van der Waals surface area contributed by atoms with Gasteiger partial charge in [-0.05, 0) is 29.9 Å². The van der Waals surface area contributed by atoms with Crippen molar-refractivity contribution in [1.82, 2.24) is 15.1 Å². The van der Waals surface area contributed by atoms with Crippen molar-refractivity contribution in [1.29, 1.82) is 5.41 Å². The lowest BCUT2D eigenvalue weighted by molar-refractivity contribution is -0.120. The van der Waals surface area contributed by atoms with Gasteiger partial charge in [0.2, 0.25) is 5.91 Å². The van der Waals surface area contributed by atoms with Crippen molar-refractivity contribution in [3.8, 4) is 5.75 Å². The van der Waals surface area contributed by atoms with Crippen LogP contribution in [0.3, 0.4) is 0 Å². The Morgan fingerprint density at radius 3 is 2.79 bits per heavy atom. The number of Topliss-reactive ketones (excluding diaryl/α,β-unsaturated/α-hetero) is 1. The van der Waals surface area contributed by atoms with Gasteiger partial charge < -0.3 is 10.1 Å². The molecule has 0 radical (unpaired) electrons. The molecular weight excluding hydrogens is 376 g/mol. The second-order valence-electron chi connectivity index (χ2n) is 6.68. The van der Waals surface area contributed by atoms with E-state index in [-0.39, 0.29) is 24.2 Å². The molecule has 0 spiro atoms. The van der Waals surface area contributed by atoms with E-state index in [4.69, 9.17) is 10.1 Å². The Labute approximate surface area is 169 Å². The second kappa shape index (κ2) is 10.1. The number of aromatic nitrogens is 2. The summed E-state index contributed by atoms with van der Waals surface area (Å²) in [7, 11) is 1.57. The number of methoxy groups -OCH3 is 1. The monoisotopic (exact) mass is 402 g/mol. The first kappa shape index (κ1) is 21.7. The van der Waals surface area contributed by atoms with E-state index in [0.29, 0.717) is 40.2 Å².